The van der Waals surface area contributed by atoms with Crippen LogP contribution in [0.2, 0.25) is 0 Å². The number of hydrogen-bond donors (Lipinski definition) is 1. The Balaban J connectivity index is 0. The molecule has 1 nitrogen and oxygen atoms in total. The topological polar surface area (TPSA) is 26.0 Å². The lowest BCUT2D eigenvalue weighted by Crippen LogP contribution is -2.33. The third-order valence-electron chi connectivity index (χ3n) is 1.80. The van der Waals surface area contributed by atoms with E-state index >= 15 is 0 Å². The summed E-state index contributed by atoms with van der Waals surface area (Å²) in [5, 5.41) is 0. The highest BCUT2D eigenvalue weighted by atomic mass is 35.5. The van der Waals surface area contributed by atoms with Gasteiger partial charge in [-0.05, 0) is 6.42 Å². The quantitative estimate of drug-likeness (QED) is 0.695. The lowest BCUT2D eigenvalue weighted by atomic mass is 9.88. The van der Waals surface area contributed by atoms with Gasteiger partial charge in [-0.3, -0.25) is 0 Å². The van der Waals surface area contributed by atoms with E-state index in [-0.39, 0.29) is 19.0 Å². The Bertz CT molecular complexity index is 83.8. The van der Waals surface area contributed by atoms with E-state index in [1.807, 2.05) is 0 Å². The van der Waals surface area contributed by atoms with Crippen LogP contribution in [-0.4, -0.2) is 13.0 Å². The molecule has 4 heteroatoms. The molecule has 0 aromatic heterocycles. The Hall–Kier alpha value is 0.110. The maximum Gasteiger partial charge on any atom is 0.245 e. The van der Waals surface area contributed by atoms with Crippen molar-refractivity contribution in [3.63, 3.8) is 0 Å². The van der Waals surface area contributed by atoms with E-state index in [0.717, 1.165) is 0 Å². The van der Waals surface area contributed by atoms with Crippen LogP contribution in [0.4, 0.5) is 8.78 Å². The zero-order valence-electron chi connectivity index (χ0n) is 6.23. The Labute approximate surface area is 66.4 Å². The fraction of sp³-hybridized carbons (Fsp3) is 1.00. The third kappa shape index (κ3) is 2.80. The minimum absolute atomic E-state index is 0. The van der Waals surface area contributed by atoms with Crippen molar-refractivity contribution < 1.29 is 8.78 Å². The van der Waals surface area contributed by atoms with E-state index in [1.54, 1.807) is 6.92 Å². The van der Waals surface area contributed by atoms with Crippen LogP contribution in [-0.2, 0) is 0 Å². The molecule has 0 heterocycles. The van der Waals surface area contributed by atoms with Crippen LogP contribution in [0.3, 0.4) is 0 Å². The van der Waals surface area contributed by atoms with Gasteiger partial charge >= 0.3 is 0 Å². The predicted octanol–water partition coefficient (Wildman–Crippen LogP) is 2.05. The maximum atomic E-state index is 12.0. The molecule has 0 fully saturated rings. The Kier molecular flexibility index (Phi) is 6.19. The second kappa shape index (κ2) is 4.85. The molecule has 64 valence electrons. The van der Waals surface area contributed by atoms with Gasteiger partial charge < -0.3 is 5.73 Å². The van der Waals surface area contributed by atoms with Crippen LogP contribution in [0.15, 0.2) is 0 Å². The van der Waals surface area contributed by atoms with Gasteiger partial charge in [-0.1, -0.05) is 13.8 Å². The first-order chi connectivity index (χ1) is 4.06. The molecule has 0 rings (SSSR count). The number of alkyl halides is 2. The van der Waals surface area contributed by atoms with Crippen molar-refractivity contribution in [2.45, 2.75) is 26.7 Å². The van der Waals surface area contributed by atoms with Crippen LogP contribution >= 0.6 is 12.4 Å². The lowest BCUT2D eigenvalue weighted by Gasteiger charge is -2.24. The Morgan fingerprint density at radius 1 is 1.50 bits per heavy atom. The van der Waals surface area contributed by atoms with Gasteiger partial charge in [0, 0.05) is 12.0 Å². The molecule has 2 N–H and O–H groups in total. The summed E-state index contributed by atoms with van der Waals surface area (Å²) in [6, 6.07) is 0. The minimum atomic E-state index is -2.30. The SMILES string of the molecule is CCC(C)(CN)C(F)F.Cl. The molecule has 0 aliphatic heterocycles. The van der Waals surface area contributed by atoms with Crippen molar-refractivity contribution in [1.82, 2.24) is 0 Å². The van der Waals surface area contributed by atoms with Crippen LogP contribution in [0.25, 0.3) is 0 Å². The van der Waals surface area contributed by atoms with Gasteiger partial charge in [-0.2, -0.15) is 0 Å². The van der Waals surface area contributed by atoms with E-state index in [4.69, 9.17) is 5.73 Å². The molecular formula is C6H14ClF2N. The second-order valence-corrected chi connectivity index (χ2v) is 2.51. The average molecular weight is 174 g/mol. The molecular weight excluding hydrogens is 160 g/mol. The van der Waals surface area contributed by atoms with E-state index in [9.17, 15) is 8.78 Å². The van der Waals surface area contributed by atoms with Gasteiger partial charge in [0.2, 0.25) is 6.43 Å². The van der Waals surface area contributed by atoms with Crippen molar-refractivity contribution in [3.05, 3.63) is 0 Å². The largest absolute Gasteiger partial charge is 0.330 e. The monoisotopic (exact) mass is 173 g/mol. The Morgan fingerprint density at radius 2 is 1.90 bits per heavy atom. The highest BCUT2D eigenvalue weighted by Gasteiger charge is 2.30. The molecule has 0 saturated heterocycles. The van der Waals surface area contributed by atoms with Gasteiger partial charge in [0.05, 0.1) is 0 Å². The Morgan fingerprint density at radius 3 is 1.90 bits per heavy atom. The summed E-state index contributed by atoms with van der Waals surface area (Å²) in [5.41, 5.74) is 4.17. The first-order valence-corrected chi connectivity index (χ1v) is 3.05. The van der Waals surface area contributed by atoms with E-state index in [0.29, 0.717) is 6.42 Å². The number of halogens is 3. The standard InChI is InChI=1S/C6H13F2N.ClH/c1-3-6(2,4-9)5(7)8;/h5H,3-4,9H2,1-2H3;1H. The average Bonchev–Trinajstić information content (AvgIpc) is 1.86. The highest BCUT2D eigenvalue weighted by molar-refractivity contribution is 5.85. The van der Waals surface area contributed by atoms with Gasteiger partial charge in [0.1, 0.15) is 0 Å². The van der Waals surface area contributed by atoms with Crippen LogP contribution in [0.1, 0.15) is 20.3 Å². The van der Waals surface area contributed by atoms with Crippen molar-refractivity contribution in [2.24, 2.45) is 11.1 Å². The molecule has 0 saturated carbocycles. The van der Waals surface area contributed by atoms with Gasteiger partial charge in [-0.15, -0.1) is 12.4 Å². The summed E-state index contributed by atoms with van der Waals surface area (Å²) in [5.74, 6) is 0. The number of hydrogen-bond acceptors (Lipinski definition) is 1. The van der Waals surface area contributed by atoms with Gasteiger partial charge in [-0.25, -0.2) is 8.78 Å². The number of nitrogens with two attached hydrogens (primary N) is 1. The van der Waals surface area contributed by atoms with Crippen LogP contribution in [0, 0.1) is 5.41 Å². The molecule has 0 amide bonds. The second-order valence-electron chi connectivity index (χ2n) is 2.51. The van der Waals surface area contributed by atoms with E-state index < -0.39 is 11.8 Å². The molecule has 0 aliphatic rings. The maximum absolute atomic E-state index is 12.0. The fourth-order valence-electron chi connectivity index (χ4n) is 0.388. The molecule has 0 aromatic carbocycles. The molecule has 0 aliphatic carbocycles. The zero-order valence-corrected chi connectivity index (χ0v) is 7.05. The van der Waals surface area contributed by atoms with E-state index in [1.165, 1.54) is 6.92 Å². The first kappa shape index (κ1) is 12.8. The molecule has 0 aromatic rings. The van der Waals surface area contributed by atoms with Crippen molar-refractivity contribution in [3.8, 4) is 0 Å². The normalized spacial score (nSPS) is 16.2. The molecule has 0 spiro atoms. The molecule has 1 unspecified atom stereocenters. The number of rotatable bonds is 3. The summed E-state index contributed by atoms with van der Waals surface area (Å²) in [4.78, 5) is 0. The van der Waals surface area contributed by atoms with Crippen molar-refractivity contribution in [1.29, 1.82) is 0 Å². The molecule has 0 radical (unpaired) electrons. The first-order valence-electron chi connectivity index (χ1n) is 3.05. The molecule has 0 bridgehead atoms. The van der Waals surface area contributed by atoms with Crippen molar-refractivity contribution >= 4 is 12.4 Å². The minimum Gasteiger partial charge on any atom is -0.330 e. The lowest BCUT2D eigenvalue weighted by molar-refractivity contribution is 0.0106. The van der Waals surface area contributed by atoms with E-state index in [2.05, 4.69) is 0 Å². The summed E-state index contributed by atoms with van der Waals surface area (Å²) >= 11 is 0. The smallest absolute Gasteiger partial charge is 0.245 e. The third-order valence-corrected chi connectivity index (χ3v) is 1.80. The summed E-state index contributed by atoms with van der Waals surface area (Å²) in [6.07, 6.45) is -1.87. The summed E-state index contributed by atoms with van der Waals surface area (Å²) < 4.78 is 24.0. The van der Waals surface area contributed by atoms with Crippen LogP contribution < -0.4 is 5.73 Å². The van der Waals surface area contributed by atoms with Gasteiger partial charge in [0.15, 0.2) is 0 Å². The molecule has 10 heavy (non-hydrogen) atoms. The predicted molar refractivity (Wildman–Crippen MR) is 40.7 cm³/mol. The summed E-state index contributed by atoms with van der Waals surface area (Å²) in [7, 11) is 0. The van der Waals surface area contributed by atoms with Crippen molar-refractivity contribution in [2.75, 3.05) is 6.54 Å². The highest BCUT2D eigenvalue weighted by Crippen LogP contribution is 2.27. The fourth-order valence-corrected chi connectivity index (χ4v) is 0.388. The summed E-state index contributed by atoms with van der Waals surface area (Å²) in [6.45, 7) is 3.28. The zero-order chi connectivity index (χ0) is 7.49. The van der Waals surface area contributed by atoms with Crippen LogP contribution in [0.5, 0.6) is 0 Å². The molecule has 1 atom stereocenters. The van der Waals surface area contributed by atoms with Gasteiger partial charge in [0.25, 0.3) is 0 Å².